The molecule has 0 aliphatic carbocycles. The molecule has 0 unspecified atom stereocenters. The summed E-state index contributed by atoms with van der Waals surface area (Å²) in [6.45, 7) is 13.8. The van der Waals surface area contributed by atoms with Crippen LogP contribution in [0.2, 0.25) is 0 Å². The molecule has 12 aromatic carbocycles. The Bertz CT molecular complexity index is 4930. The minimum absolute atomic E-state index is 0.0471. The third kappa shape index (κ3) is 8.26. The van der Waals surface area contributed by atoms with Crippen molar-refractivity contribution in [2.45, 2.75) is 62.2 Å². The molecule has 1 aromatic heterocycles. The molecule has 17 rings (SSSR count). The molecule has 6 nitrogen and oxygen atoms in total. The summed E-state index contributed by atoms with van der Waals surface area (Å²) in [5.74, 6) is 3.26. The molecule has 0 N–H and O–H groups in total. The Hall–Kier alpha value is -10.1. The Labute approximate surface area is 518 Å². The number of rotatable bonds is 6. The van der Waals surface area contributed by atoms with Crippen molar-refractivity contribution in [1.29, 1.82) is 0 Å². The lowest BCUT2D eigenvalue weighted by Crippen LogP contribution is -2.60. The van der Waals surface area contributed by atoms with E-state index in [-0.39, 0.29) is 17.5 Å². The van der Waals surface area contributed by atoms with E-state index in [0.717, 1.165) is 130 Å². The third-order valence-corrected chi connectivity index (χ3v) is 19.3. The second kappa shape index (κ2) is 19.7. The summed E-state index contributed by atoms with van der Waals surface area (Å²) in [4.78, 5) is 9.84. The average Bonchev–Trinajstić information content (AvgIpc) is 0.826. The number of furan rings is 1. The summed E-state index contributed by atoms with van der Waals surface area (Å²) in [5, 5.41) is 2.18. The maximum atomic E-state index is 6.80. The number of fused-ring (bicyclic) bond motifs is 11. The highest BCUT2D eigenvalue weighted by atomic mass is 32.2. The van der Waals surface area contributed by atoms with Gasteiger partial charge >= 0.3 is 0 Å². The summed E-state index contributed by atoms with van der Waals surface area (Å²) in [5.41, 5.74) is 23.9. The molecule has 0 atom stereocenters. The monoisotopic (exact) mass is 1150 g/mol. The van der Waals surface area contributed by atoms with E-state index in [1.54, 1.807) is 0 Å². The summed E-state index contributed by atoms with van der Waals surface area (Å²) in [6, 6.07) is 93.3. The maximum Gasteiger partial charge on any atom is 0.249 e. The minimum Gasteiger partial charge on any atom is -0.456 e. The highest BCUT2D eigenvalue weighted by molar-refractivity contribution is 8.00. The van der Waals surface area contributed by atoms with Crippen LogP contribution in [0.4, 0.5) is 51.2 Å². The zero-order chi connectivity index (χ0) is 59.2. The Morgan fingerprint density at radius 1 is 0.352 bits per heavy atom. The van der Waals surface area contributed by atoms with Crippen LogP contribution >= 0.6 is 11.8 Å². The molecule has 0 fully saturated rings. The van der Waals surface area contributed by atoms with Crippen LogP contribution in [0, 0.1) is 0 Å². The number of hydrogen-bond donors (Lipinski definition) is 0. The van der Waals surface area contributed by atoms with E-state index in [1.165, 1.54) is 37.3 Å². The van der Waals surface area contributed by atoms with Crippen molar-refractivity contribution in [3.8, 4) is 56.4 Å². The van der Waals surface area contributed by atoms with Gasteiger partial charge in [-0.15, -0.1) is 0 Å². The predicted molar refractivity (Wildman–Crippen MR) is 367 cm³/mol. The molecule has 0 bridgehead atoms. The quantitative estimate of drug-likeness (QED) is 0.154. The molecular weight excluding hydrogens is 1090 g/mol. The van der Waals surface area contributed by atoms with Crippen molar-refractivity contribution in [1.82, 2.24) is 0 Å². The van der Waals surface area contributed by atoms with Crippen LogP contribution in [0.3, 0.4) is 0 Å². The highest BCUT2D eigenvalue weighted by Gasteiger charge is 2.44. The van der Waals surface area contributed by atoms with E-state index in [9.17, 15) is 0 Å². The van der Waals surface area contributed by atoms with Crippen molar-refractivity contribution in [3.63, 3.8) is 0 Å². The van der Waals surface area contributed by atoms with Crippen LogP contribution < -0.4 is 40.6 Å². The number of nitrogens with zero attached hydrogens (tertiary/aromatic N) is 3. The molecule has 5 heterocycles. The van der Waals surface area contributed by atoms with Crippen LogP contribution in [0.1, 0.15) is 52.7 Å². The van der Waals surface area contributed by atoms with E-state index in [1.807, 2.05) is 23.9 Å². The van der Waals surface area contributed by atoms with E-state index in [0.29, 0.717) is 0 Å². The molecule has 0 amide bonds. The maximum absolute atomic E-state index is 6.80. The summed E-state index contributed by atoms with van der Waals surface area (Å²) >= 11 is 1.88. The van der Waals surface area contributed by atoms with Crippen molar-refractivity contribution in [2.75, 3.05) is 14.7 Å². The number of hydrogen-bond acceptors (Lipinski definition) is 7. The number of para-hydroxylation sites is 9. The van der Waals surface area contributed by atoms with Gasteiger partial charge in [0.05, 0.1) is 28.4 Å². The minimum atomic E-state index is -0.230. The normalized spacial score (nSPS) is 13.6. The fourth-order valence-corrected chi connectivity index (χ4v) is 15.1. The van der Waals surface area contributed by atoms with Gasteiger partial charge in [0, 0.05) is 54.4 Å². The second-order valence-corrected chi connectivity index (χ2v) is 26.7. The van der Waals surface area contributed by atoms with E-state index < -0.39 is 0 Å². The zero-order valence-electron chi connectivity index (χ0n) is 49.8. The predicted octanol–water partition coefficient (Wildman–Crippen LogP) is 21.1. The Balaban J connectivity index is 0.996. The first kappa shape index (κ1) is 52.2. The molecule has 4 aliphatic heterocycles. The highest BCUT2D eigenvalue weighted by Crippen LogP contribution is 2.57. The molecule has 0 spiro atoms. The average molecular weight is 1150 g/mol. The Morgan fingerprint density at radius 3 is 1.52 bits per heavy atom. The fourth-order valence-electron chi connectivity index (χ4n) is 13.9. The van der Waals surface area contributed by atoms with Gasteiger partial charge < -0.3 is 28.6 Å². The molecule has 13 aromatic rings. The van der Waals surface area contributed by atoms with Gasteiger partial charge in [-0.05, 0) is 164 Å². The van der Waals surface area contributed by atoms with E-state index in [2.05, 4.69) is 299 Å². The van der Waals surface area contributed by atoms with Crippen molar-refractivity contribution in [3.05, 3.63) is 266 Å². The van der Waals surface area contributed by atoms with E-state index in [4.69, 9.17) is 13.9 Å². The van der Waals surface area contributed by atoms with Gasteiger partial charge in [0.15, 0.2) is 23.0 Å². The molecule has 0 radical (unpaired) electrons. The molecule has 0 saturated heterocycles. The van der Waals surface area contributed by atoms with Crippen LogP contribution in [-0.4, -0.2) is 6.71 Å². The molecule has 88 heavy (non-hydrogen) atoms. The molecule has 4 aliphatic rings. The summed E-state index contributed by atoms with van der Waals surface area (Å²) < 4.78 is 20.1. The van der Waals surface area contributed by atoms with Crippen LogP contribution in [-0.2, 0) is 10.8 Å². The van der Waals surface area contributed by atoms with Gasteiger partial charge in [-0.2, -0.15) is 0 Å². The van der Waals surface area contributed by atoms with Gasteiger partial charge in [0.25, 0.3) is 0 Å². The second-order valence-electron chi connectivity index (χ2n) is 25.6. The lowest BCUT2D eigenvalue weighted by atomic mass is 9.34. The SMILES string of the molecule is CC(C)(C)c1ccc(-c2cc(C(C)(C)C)cc(-c3cccc4oc5ccccc5c34)c2N2c3cc(N4c5ccccc5Oc5ccccc54)ccc3B3c4ccc(N5c6ccccc6Oc6ccccc65)cc4Sc4cc(-c5ccccc5)cc2c43)cc1. The molecule has 422 valence electrons. The van der Waals surface area contributed by atoms with Gasteiger partial charge in [0.1, 0.15) is 11.2 Å². The van der Waals surface area contributed by atoms with Gasteiger partial charge in [-0.25, -0.2) is 0 Å². The first-order valence-electron chi connectivity index (χ1n) is 30.4. The van der Waals surface area contributed by atoms with Crippen LogP contribution in [0.15, 0.2) is 269 Å². The molecule has 0 saturated carbocycles. The first-order chi connectivity index (χ1) is 42.9. The largest absolute Gasteiger partial charge is 0.456 e. The Morgan fingerprint density at radius 2 is 0.898 bits per heavy atom. The number of benzene rings is 12. The van der Waals surface area contributed by atoms with Gasteiger partial charge in [0.2, 0.25) is 6.71 Å². The Kier molecular flexibility index (Phi) is 11.7. The summed E-state index contributed by atoms with van der Waals surface area (Å²) in [7, 11) is 0. The van der Waals surface area contributed by atoms with Crippen molar-refractivity contribution < 1.29 is 13.9 Å². The smallest absolute Gasteiger partial charge is 0.249 e. The third-order valence-electron chi connectivity index (χ3n) is 18.2. The van der Waals surface area contributed by atoms with Crippen LogP contribution in [0.25, 0.3) is 55.3 Å². The summed E-state index contributed by atoms with van der Waals surface area (Å²) in [6.07, 6.45) is 0. The van der Waals surface area contributed by atoms with Gasteiger partial charge in [-0.1, -0.05) is 204 Å². The molecular formula is C80H60BN3O3S. The lowest BCUT2D eigenvalue weighted by Gasteiger charge is -2.43. The van der Waals surface area contributed by atoms with E-state index >= 15 is 0 Å². The topological polar surface area (TPSA) is 41.3 Å². The van der Waals surface area contributed by atoms with Crippen molar-refractivity contribution >= 4 is 108 Å². The first-order valence-corrected chi connectivity index (χ1v) is 31.2. The standard InChI is InChI=1S/C80H60BN3O3S/c1-79(2,3)52-37-35-50(36-38-52)58-45-53(80(4,5)6)46-59(56-24-20-34-73-76(56)57-23-10-15-29-68(57)85-73)78(58)84-66-47-54(82-62-25-11-16-30-69(62)86-70-31-17-12-26-63(70)82)39-41-60(66)81-61-42-40-55(83-64-27-13-18-32-71(64)87-72-33-19-14-28-65(72)83)48-74(61)88-75-44-51(43-67(84)77(75)81)49-21-8-7-9-22-49/h7-48H,1-6H3. The fraction of sp³-hybridized carbons (Fsp3) is 0.100. The lowest BCUT2D eigenvalue weighted by molar-refractivity contribution is 0.476. The number of ether oxygens (including phenoxy) is 2. The van der Waals surface area contributed by atoms with Gasteiger partial charge in [-0.3, -0.25) is 0 Å². The zero-order valence-corrected chi connectivity index (χ0v) is 50.6. The van der Waals surface area contributed by atoms with Crippen molar-refractivity contribution in [2.24, 2.45) is 0 Å². The molecule has 8 heteroatoms. The van der Waals surface area contributed by atoms with Crippen LogP contribution in [0.5, 0.6) is 23.0 Å². The number of anilines is 9.